The lowest BCUT2D eigenvalue weighted by Gasteiger charge is -2.39. The summed E-state index contributed by atoms with van der Waals surface area (Å²) in [5.74, 6) is 0.0772. The molecule has 1 aromatic carbocycles. The highest BCUT2D eigenvalue weighted by Crippen LogP contribution is 2.41. The fourth-order valence-corrected chi connectivity index (χ4v) is 6.15. The molecule has 0 N–H and O–H groups in total. The van der Waals surface area contributed by atoms with E-state index in [1.807, 2.05) is 6.92 Å². The lowest BCUT2D eigenvalue weighted by molar-refractivity contribution is 0.265. The molecule has 0 bridgehead atoms. The van der Waals surface area contributed by atoms with Crippen LogP contribution in [0.1, 0.15) is 18.4 Å². The highest BCUT2D eigenvalue weighted by atomic mass is 127. The van der Waals surface area contributed by atoms with Crippen molar-refractivity contribution in [2.75, 3.05) is 13.1 Å². The number of benzene rings is 1. The second-order valence-electron chi connectivity index (χ2n) is 5.76. The van der Waals surface area contributed by atoms with Gasteiger partial charge in [-0.1, -0.05) is 58.5 Å². The van der Waals surface area contributed by atoms with Crippen LogP contribution in [0.25, 0.3) is 0 Å². The summed E-state index contributed by atoms with van der Waals surface area (Å²) in [6.07, 6.45) is 1.28. The number of hydrogen-bond acceptors (Lipinski definition) is 2. The van der Waals surface area contributed by atoms with Crippen molar-refractivity contribution in [2.24, 2.45) is 5.92 Å². The molecule has 2 unspecified atom stereocenters. The van der Waals surface area contributed by atoms with E-state index in [4.69, 9.17) is 23.2 Å². The number of rotatable bonds is 4. The highest BCUT2D eigenvalue weighted by Gasteiger charge is 2.41. The molecule has 7 heteroatoms. The van der Waals surface area contributed by atoms with Gasteiger partial charge in [-0.05, 0) is 37.8 Å². The molecule has 3 nitrogen and oxygen atoms in total. The Bertz CT molecular complexity index is 659. The SMILES string of the molecule is C=C(Cl)CC1CN(S(=O)(=O)c2ccc(C)cc2)CC(Cl)(I)C1. The molecule has 2 rings (SSSR count). The van der Waals surface area contributed by atoms with Crippen LogP contribution < -0.4 is 0 Å². The molecule has 1 saturated heterocycles. The van der Waals surface area contributed by atoms with Gasteiger partial charge < -0.3 is 0 Å². The van der Waals surface area contributed by atoms with Crippen LogP contribution in [0.15, 0.2) is 40.8 Å². The van der Waals surface area contributed by atoms with Crippen LogP contribution >= 0.6 is 45.8 Å². The number of halogens is 3. The Balaban J connectivity index is 2.28. The van der Waals surface area contributed by atoms with Gasteiger partial charge in [-0.3, -0.25) is 0 Å². The van der Waals surface area contributed by atoms with Crippen molar-refractivity contribution < 1.29 is 8.42 Å². The first-order valence-corrected chi connectivity index (χ1v) is 10.2. The number of alkyl halides is 2. The normalized spacial score (nSPS) is 26.8. The van der Waals surface area contributed by atoms with Gasteiger partial charge in [0.2, 0.25) is 10.0 Å². The lowest BCUT2D eigenvalue weighted by Crippen LogP contribution is -2.48. The van der Waals surface area contributed by atoms with Crippen molar-refractivity contribution in [3.8, 4) is 0 Å². The maximum Gasteiger partial charge on any atom is 0.243 e. The van der Waals surface area contributed by atoms with E-state index in [1.54, 1.807) is 24.3 Å². The zero-order valence-corrected chi connectivity index (χ0v) is 16.7. The maximum absolute atomic E-state index is 12.8. The van der Waals surface area contributed by atoms with Crippen molar-refractivity contribution in [1.29, 1.82) is 0 Å². The molecule has 122 valence electrons. The molecule has 1 heterocycles. The third kappa shape index (κ3) is 4.60. The van der Waals surface area contributed by atoms with Crippen molar-refractivity contribution in [2.45, 2.75) is 27.5 Å². The Morgan fingerprint density at radius 3 is 2.59 bits per heavy atom. The molecule has 1 fully saturated rings. The second kappa shape index (κ2) is 6.97. The Labute approximate surface area is 155 Å². The van der Waals surface area contributed by atoms with Crippen LogP contribution in [-0.4, -0.2) is 28.7 Å². The van der Waals surface area contributed by atoms with Gasteiger partial charge in [-0.15, -0.1) is 11.6 Å². The number of nitrogens with zero attached hydrogens (tertiary/aromatic N) is 1. The molecule has 0 radical (unpaired) electrons. The Hall–Kier alpha value is 0.180. The van der Waals surface area contributed by atoms with Gasteiger partial charge in [-0.25, -0.2) is 8.42 Å². The molecule has 0 aliphatic carbocycles. The Kier molecular flexibility index (Phi) is 5.87. The fourth-order valence-electron chi connectivity index (χ4n) is 2.65. The largest absolute Gasteiger partial charge is 0.243 e. The summed E-state index contributed by atoms with van der Waals surface area (Å²) in [4.78, 5) is 0.298. The van der Waals surface area contributed by atoms with E-state index in [9.17, 15) is 8.42 Å². The molecule has 1 aromatic rings. The first-order valence-electron chi connectivity index (χ1n) is 6.88. The van der Waals surface area contributed by atoms with Crippen molar-refractivity contribution >= 4 is 55.8 Å². The van der Waals surface area contributed by atoms with E-state index < -0.39 is 12.9 Å². The van der Waals surface area contributed by atoms with Gasteiger partial charge in [-0.2, -0.15) is 4.31 Å². The molecule has 1 aliphatic heterocycles. The average Bonchev–Trinajstić information content (AvgIpc) is 2.36. The van der Waals surface area contributed by atoms with Gasteiger partial charge in [0, 0.05) is 18.1 Å². The Morgan fingerprint density at radius 2 is 2.05 bits per heavy atom. The molecule has 0 amide bonds. The number of allylic oxidation sites excluding steroid dienone is 1. The smallest absolute Gasteiger partial charge is 0.207 e. The summed E-state index contributed by atoms with van der Waals surface area (Å²) in [5.41, 5.74) is 1.02. The summed E-state index contributed by atoms with van der Waals surface area (Å²) in [5, 5.41) is 0.531. The second-order valence-corrected chi connectivity index (χ2v) is 11.7. The van der Waals surface area contributed by atoms with Gasteiger partial charge in [0.1, 0.15) is 2.88 Å². The quantitative estimate of drug-likeness (QED) is 0.476. The number of aryl methyl sites for hydroxylation is 1. The highest BCUT2D eigenvalue weighted by molar-refractivity contribution is 14.1. The third-order valence-electron chi connectivity index (χ3n) is 3.63. The van der Waals surface area contributed by atoms with E-state index in [1.165, 1.54) is 4.31 Å². The van der Waals surface area contributed by atoms with Crippen LogP contribution in [0.2, 0.25) is 0 Å². The summed E-state index contributed by atoms with van der Waals surface area (Å²) < 4.78 is 26.5. The first-order chi connectivity index (χ1) is 10.1. The minimum absolute atomic E-state index is 0.0772. The van der Waals surface area contributed by atoms with Crippen LogP contribution in [0.3, 0.4) is 0 Å². The van der Waals surface area contributed by atoms with Crippen LogP contribution in [0.5, 0.6) is 0 Å². The third-order valence-corrected chi connectivity index (χ3v) is 6.66. The van der Waals surface area contributed by atoms with E-state index in [0.717, 1.165) is 5.56 Å². The molecule has 22 heavy (non-hydrogen) atoms. The Morgan fingerprint density at radius 1 is 1.45 bits per heavy atom. The van der Waals surface area contributed by atoms with Gasteiger partial charge in [0.05, 0.1) is 4.90 Å². The predicted octanol–water partition coefficient (Wildman–Crippen LogP) is 4.52. The van der Waals surface area contributed by atoms with E-state index >= 15 is 0 Å². The molecule has 1 aliphatic rings. The predicted molar refractivity (Wildman–Crippen MR) is 100 cm³/mol. The zero-order valence-electron chi connectivity index (χ0n) is 12.2. The maximum atomic E-state index is 12.8. The molecule has 2 atom stereocenters. The molecular weight excluding hydrogens is 456 g/mol. The standard InChI is InChI=1S/C15H18Cl2INO2S/c1-11-3-5-14(6-4-11)22(20,21)19-9-13(7-12(2)16)8-15(17,18)10-19/h3-6,13H,2,7-10H2,1H3. The monoisotopic (exact) mass is 473 g/mol. The summed E-state index contributed by atoms with van der Waals surface area (Å²) in [6.45, 7) is 6.33. The minimum atomic E-state index is -3.55. The number of sulfonamides is 1. The topological polar surface area (TPSA) is 37.4 Å². The lowest BCUT2D eigenvalue weighted by atomic mass is 9.96. The summed E-state index contributed by atoms with van der Waals surface area (Å²) in [6, 6.07) is 6.87. The van der Waals surface area contributed by atoms with Crippen LogP contribution in [0, 0.1) is 12.8 Å². The van der Waals surface area contributed by atoms with Crippen molar-refractivity contribution in [1.82, 2.24) is 4.31 Å². The zero-order chi connectivity index (χ0) is 16.5. The van der Waals surface area contributed by atoms with E-state index in [0.29, 0.717) is 29.3 Å². The van der Waals surface area contributed by atoms with Crippen molar-refractivity contribution in [3.63, 3.8) is 0 Å². The average molecular weight is 474 g/mol. The number of hydrogen-bond donors (Lipinski definition) is 0. The fraction of sp³-hybridized carbons (Fsp3) is 0.467. The van der Waals surface area contributed by atoms with Crippen LogP contribution in [-0.2, 0) is 10.0 Å². The molecular formula is C15H18Cl2INO2S. The van der Waals surface area contributed by atoms with Crippen LogP contribution in [0.4, 0.5) is 0 Å². The number of piperidine rings is 1. The van der Waals surface area contributed by atoms with E-state index in [-0.39, 0.29) is 12.5 Å². The summed E-state index contributed by atoms with van der Waals surface area (Å²) >= 11 is 14.5. The molecule has 0 saturated carbocycles. The van der Waals surface area contributed by atoms with E-state index in [2.05, 4.69) is 29.2 Å². The molecule has 0 aromatic heterocycles. The van der Waals surface area contributed by atoms with Gasteiger partial charge >= 0.3 is 0 Å². The van der Waals surface area contributed by atoms with Gasteiger partial charge in [0.15, 0.2) is 0 Å². The van der Waals surface area contributed by atoms with Crippen molar-refractivity contribution in [3.05, 3.63) is 41.4 Å². The summed E-state index contributed by atoms with van der Waals surface area (Å²) in [7, 11) is -3.55. The first kappa shape index (κ1) is 18.5. The minimum Gasteiger partial charge on any atom is -0.207 e. The van der Waals surface area contributed by atoms with Gasteiger partial charge in [0.25, 0.3) is 0 Å². The molecule has 0 spiro atoms.